The molecule has 0 bridgehead atoms. The fourth-order valence-corrected chi connectivity index (χ4v) is 2.21. The fraction of sp³-hybridized carbons (Fsp3) is 0.500. The first-order valence-corrected chi connectivity index (χ1v) is 5.34. The van der Waals surface area contributed by atoms with Gasteiger partial charge in [0.05, 0.1) is 0 Å². The molecule has 0 aliphatic heterocycles. The molecule has 1 saturated carbocycles. The quantitative estimate of drug-likeness (QED) is 0.888. The van der Waals surface area contributed by atoms with Gasteiger partial charge in [-0.2, -0.15) is 8.78 Å². The predicted molar refractivity (Wildman–Crippen MR) is 57.5 cm³/mol. The highest BCUT2D eigenvalue weighted by molar-refractivity contribution is 5.38. The zero-order chi connectivity index (χ0) is 12.8. The molecule has 2 nitrogen and oxygen atoms in total. The Morgan fingerprint density at radius 3 is 2.35 bits per heavy atom. The third-order valence-corrected chi connectivity index (χ3v) is 3.44. The van der Waals surface area contributed by atoms with Crippen molar-refractivity contribution in [2.24, 2.45) is 11.1 Å². The van der Waals surface area contributed by atoms with Crippen LogP contribution in [0.4, 0.5) is 13.2 Å². The summed E-state index contributed by atoms with van der Waals surface area (Å²) in [6.07, 6.45) is 0. The SMILES string of the molecule is CC1(C)[C@H](N)[C@H]1c1ccc(OC(F)F)cc1F. The van der Waals surface area contributed by atoms with E-state index in [0.717, 1.165) is 6.07 Å². The van der Waals surface area contributed by atoms with Crippen molar-refractivity contribution in [3.05, 3.63) is 29.6 Å². The topological polar surface area (TPSA) is 35.2 Å². The van der Waals surface area contributed by atoms with Gasteiger partial charge in [0.15, 0.2) is 0 Å². The molecule has 17 heavy (non-hydrogen) atoms. The number of rotatable bonds is 3. The van der Waals surface area contributed by atoms with Crippen LogP contribution in [0, 0.1) is 11.2 Å². The van der Waals surface area contributed by atoms with Crippen LogP contribution in [0.5, 0.6) is 5.75 Å². The standard InChI is InChI=1S/C12H14F3NO/c1-12(2)9(10(12)16)7-4-3-6(5-8(7)13)17-11(14)15/h3-5,9-11H,16H2,1-2H3/t9-,10-/m1/s1. The minimum Gasteiger partial charge on any atom is -0.435 e. The van der Waals surface area contributed by atoms with E-state index in [-0.39, 0.29) is 23.1 Å². The van der Waals surface area contributed by atoms with Crippen LogP contribution in [-0.4, -0.2) is 12.7 Å². The molecule has 2 rings (SSSR count). The van der Waals surface area contributed by atoms with E-state index in [0.29, 0.717) is 5.56 Å². The molecule has 1 fully saturated rings. The molecule has 0 aromatic heterocycles. The van der Waals surface area contributed by atoms with Crippen LogP contribution >= 0.6 is 0 Å². The van der Waals surface area contributed by atoms with Gasteiger partial charge in [0.25, 0.3) is 0 Å². The summed E-state index contributed by atoms with van der Waals surface area (Å²) in [5.41, 5.74) is 6.16. The summed E-state index contributed by atoms with van der Waals surface area (Å²) in [6.45, 7) is 0.955. The molecule has 0 radical (unpaired) electrons. The zero-order valence-corrected chi connectivity index (χ0v) is 9.58. The van der Waals surface area contributed by atoms with Crippen molar-refractivity contribution >= 4 is 0 Å². The number of alkyl halides is 2. The molecular weight excluding hydrogens is 231 g/mol. The lowest BCUT2D eigenvalue weighted by Gasteiger charge is -2.08. The second-order valence-electron chi connectivity index (χ2n) is 4.89. The molecule has 2 N–H and O–H groups in total. The van der Waals surface area contributed by atoms with E-state index in [2.05, 4.69) is 4.74 Å². The number of nitrogens with two attached hydrogens (primary N) is 1. The Balaban J connectivity index is 2.22. The highest BCUT2D eigenvalue weighted by Crippen LogP contribution is 2.57. The van der Waals surface area contributed by atoms with E-state index in [1.54, 1.807) is 0 Å². The Morgan fingerprint density at radius 1 is 1.35 bits per heavy atom. The van der Waals surface area contributed by atoms with Crippen molar-refractivity contribution < 1.29 is 17.9 Å². The zero-order valence-electron chi connectivity index (χ0n) is 9.58. The van der Waals surface area contributed by atoms with E-state index < -0.39 is 12.4 Å². The Labute approximate surface area is 97.6 Å². The summed E-state index contributed by atoms with van der Waals surface area (Å²) in [5.74, 6) is -0.787. The van der Waals surface area contributed by atoms with E-state index in [9.17, 15) is 13.2 Å². The van der Waals surface area contributed by atoms with E-state index in [1.165, 1.54) is 12.1 Å². The molecule has 0 spiro atoms. The Kier molecular flexibility index (Phi) is 2.81. The summed E-state index contributed by atoms with van der Waals surface area (Å²) in [7, 11) is 0. The van der Waals surface area contributed by atoms with Crippen LogP contribution in [0.1, 0.15) is 25.3 Å². The van der Waals surface area contributed by atoms with Crippen molar-refractivity contribution in [1.29, 1.82) is 0 Å². The van der Waals surface area contributed by atoms with Gasteiger partial charge >= 0.3 is 6.61 Å². The van der Waals surface area contributed by atoms with Crippen LogP contribution in [0.2, 0.25) is 0 Å². The lowest BCUT2D eigenvalue weighted by Crippen LogP contribution is -2.06. The third kappa shape index (κ3) is 2.11. The average molecular weight is 245 g/mol. The largest absolute Gasteiger partial charge is 0.435 e. The van der Waals surface area contributed by atoms with Crippen LogP contribution in [0.15, 0.2) is 18.2 Å². The van der Waals surface area contributed by atoms with Gasteiger partial charge in [-0.05, 0) is 17.0 Å². The number of halogens is 3. The molecular formula is C12H14F3NO. The maximum Gasteiger partial charge on any atom is 0.387 e. The number of ether oxygens (including phenoxy) is 1. The maximum absolute atomic E-state index is 13.7. The molecule has 1 aliphatic carbocycles. The lowest BCUT2D eigenvalue weighted by atomic mass is 10.0. The Morgan fingerprint density at radius 2 is 1.94 bits per heavy atom. The summed E-state index contributed by atoms with van der Waals surface area (Å²) < 4.78 is 41.7. The molecule has 0 amide bonds. The summed E-state index contributed by atoms with van der Waals surface area (Å²) in [4.78, 5) is 0. The molecule has 5 heteroatoms. The molecule has 0 unspecified atom stereocenters. The van der Waals surface area contributed by atoms with Gasteiger partial charge in [-0.15, -0.1) is 0 Å². The van der Waals surface area contributed by atoms with E-state index >= 15 is 0 Å². The number of benzene rings is 1. The Bertz CT molecular complexity index is 434. The molecule has 94 valence electrons. The van der Waals surface area contributed by atoms with Crippen molar-refractivity contribution in [3.8, 4) is 5.75 Å². The van der Waals surface area contributed by atoms with Gasteiger partial charge in [0.1, 0.15) is 11.6 Å². The van der Waals surface area contributed by atoms with Crippen molar-refractivity contribution in [3.63, 3.8) is 0 Å². The fourth-order valence-electron chi connectivity index (χ4n) is 2.21. The van der Waals surface area contributed by atoms with Crippen molar-refractivity contribution in [2.45, 2.75) is 32.4 Å². The predicted octanol–water partition coefficient (Wildman–Crippen LogP) is 2.88. The molecule has 1 aliphatic rings. The summed E-state index contributed by atoms with van der Waals surface area (Å²) in [6, 6.07) is 3.68. The first-order chi connectivity index (χ1) is 7.84. The van der Waals surface area contributed by atoms with Gasteiger partial charge in [-0.1, -0.05) is 19.9 Å². The summed E-state index contributed by atoms with van der Waals surface area (Å²) in [5, 5.41) is 0. The lowest BCUT2D eigenvalue weighted by molar-refractivity contribution is -0.0500. The first-order valence-electron chi connectivity index (χ1n) is 5.34. The number of hydrogen-bond donors (Lipinski definition) is 1. The van der Waals surface area contributed by atoms with Crippen LogP contribution < -0.4 is 10.5 Å². The van der Waals surface area contributed by atoms with Crippen molar-refractivity contribution in [2.75, 3.05) is 0 Å². The van der Waals surface area contributed by atoms with Crippen LogP contribution in [0.25, 0.3) is 0 Å². The third-order valence-electron chi connectivity index (χ3n) is 3.44. The second kappa shape index (κ2) is 3.91. The van der Waals surface area contributed by atoms with Crippen molar-refractivity contribution in [1.82, 2.24) is 0 Å². The first kappa shape index (κ1) is 12.2. The minimum atomic E-state index is -2.94. The van der Waals surface area contributed by atoms with Crippen LogP contribution in [0.3, 0.4) is 0 Å². The monoisotopic (exact) mass is 245 g/mol. The van der Waals surface area contributed by atoms with Gasteiger partial charge in [0, 0.05) is 18.0 Å². The van der Waals surface area contributed by atoms with Crippen LogP contribution in [-0.2, 0) is 0 Å². The maximum atomic E-state index is 13.7. The minimum absolute atomic E-state index is 0.0666. The van der Waals surface area contributed by atoms with Gasteiger partial charge in [0.2, 0.25) is 0 Å². The molecule has 1 aromatic rings. The van der Waals surface area contributed by atoms with E-state index in [1.807, 2.05) is 13.8 Å². The molecule has 1 aromatic carbocycles. The normalized spacial score (nSPS) is 26.1. The number of hydrogen-bond acceptors (Lipinski definition) is 2. The molecule has 0 saturated heterocycles. The molecule has 2 atom stereocenters. The average Bonchev–Trinajstić information content (AvgIpc) is 2.66. The second-order valence-corrected chi connectivity index (χ2v) is 4.89. The van der Waals surface area contributed by atoms with Gasteiger partial charge < -0.3 is 10.5 Å². The summed E-state index contributed by atoms with van der Waals surface area (Å²) >= 11 is 0. The highest BCUT2D eigenvalue weighted by atomic mass is 19.3. The smallest absolute Gasteiger partial charge is 0.387 e. The highest BCUT2D eigenvalue weighted by Gasteiger charge is 2.56. The van der Waals surface area contributed by atoms with Gasteiger partial charge in [-0.3, -0.25) is 0 Å². The van der Waals surface area contributed by atoms with Gasteiger partial charge in [-0.25, -0.2) is 4.39 Å². The molecule has 0 heterocycles. The van der Waals surface area contributed by atoms with E-state index in [4.69, 9.17) is 5.73 Å². The Hall–Kier alpha value is -1.23.